The van der Waals surface area contributed by atoms with Gasteiger partial charge in [0.1, 0.15) is 0 Å². The molecule has 1 aliphatic carbocycles. The zero-order valence-corrected chi connectivity index (χ0v) is 8.12. The highest BCUT2D eigenvalue weighted by Gasteiger charge is 2.60. The van der Waals surface area contributed by atoms with Gasteiger partial charge in [-0.05, 0) is 11.1 Å². The lowest BCUT2D eigenvalue weighted by atomic mass is 9.86. The largest absolute Gasteiger partial charge is 0.314 e. The molecular formula is C8H6F4O2S. The van der Waals surface area contributed by atoms with Crippen LogP contribution in [0.25, 0.3) is 0 Å². The summed E-state index contributed by atoms with van der Waals surface area (Å²) in [5.41, 5.74) is -0.406. The summed E-state index contributed by atoms with van der Waals surface area (Å²) in [7, 11) is -3.72. The van der Waals surface area contributed by atoms with Gasteiger partial charge in [-0.2, -0.15) is 17.6 Å². The van der Waals surface area contributed by atoms with Crippen LogP contribution in [0.4, 0.5) is 17.6 Å². The SMILES string of the molecule is O=S1(=O)C=C2CC(F)(F)C(F)(F)CC2=C1. The van der Waals surface area contributed by atoms with Crippen LogP contribution in [-0.4, -0.2) is 20.3 Å². The molecule has 0 spiro atoms. The number of allylic oxidation sites excluding steroid dienone is 2. The van der Waals surface area contributed by atoms with Crippen LogP contribution in [0.2, 0.25) is 0 Å². The zero-order valence-electron chi connectivity index (χ0n) is 7.31. The van der Waals surface area contributed by atoms with Crippen molar-refractivity contribution in [3.05, 3.63) is 22.0 Å². The Kier molecular flexibility index (Phi) is 1.87. The maximum absolute atomic E-state index is 12.9. The maximum Gasteiger partial charge on any atom is 0.314 e. The first-order valence-corrected chi connectivity index (χ1v) is 5.66. The van der Waals surface area contributed by atoms with Gasteiger partial charge in [0, 0.05) is 23.7 Å². The van der Waals surface area contributed by atoms with Gasteiger partial charge in [-0.25, -0.2) is 8.42 Å². The second kappa shape index (κ2) is 2.63. The van der Waals surface area contributed by atoms with Crippen LogP contribution < -0.4 is 0 Å². The van der Waals surface area contributed by atoms with Gasteiger partial charge in [-0.3, -0.25) is 0 Å². The molecule has 0 amide bonds. The van der Waals surface area contributed by atoms with Crippen molar-refractivity contribution >= 4 is 9.84 Å². The average molecular weight is 242 g/mol. The van der Waals surface area contributed by atoms with Crippen molar-refractivity contribution in [3.8, 4) is 0 Å². The van der Waals surface area contributed by atoms with E-state index in [1.807, 2.05) is 0 Å². The van der Waals surface area contributed by atoms with Gasteiger partial charge in [0.15, 0.2) is 9.84 Å². The number of sulfone groups is 1. The predicted molar refractivity (Wildman–Crippen MR) is 44.2 cm³/mol. The molecule has 1 saturated carbocycles. The van der Waals surface area contributed by atoms with Gasteiger partial charge in [0.05, 0.1) is 0 Å². The number of rotatable bonds is 0. The molecule has 0 atom stereocenters. The lowest BCUT2D eigenvalue weighted by Crippen LogP contribution is -2.44. The first-order chi connectivity index (χ1) is 6.63. The standard InChI is InChI=1S/C8H6F4O2S/c9-7(10)1-5-3-15(13,14)4-6(5)2-8(7,11)12/h3-4H,1-2H2. The highest BCUT2D eigenvalue weighted by atomic mass is 32.2. The van der Waals surface area contributed by atoms with E-state index in [1.165, 1.54) is 0 Å². The fraction of sp³-hybridized carbons (Fsp3) is 0.500. The summed E-state index contributed by atoms with van der Waals surface area (Å²) >= 11 is 0. The summed E-state index contributed by atoms with van der Waals surface area (Å²) in [5.74, 6) is -8.34. The van der Waals surface area contributed by atoms with E-state index < -0.39 is 34.5 Å². The van der Waals surface area contributed by atoms with Gasteiger partial charge in [-0.15, -0.1) is 0 Å². The van der Waals surface area contributed by atoms with E-state index in [4.69, 9.17) is 0 Å². The molecule has 2 aliphatic rings. The second-order valence-electron chi connectivity index (χ2n) is 3.64. The first kappa shape index (κ1) is 10.7. The van der Waals surface area contributed by atoms with Crippen LogP contribution >= 0.6 is 0 Å². The summed E-state index contributed by atoms with van der Waals surface area (Å²) in [5, 5.41) is 1.26. The summed E-state index contributed by atoms with van der Waals surface area (Å²) < 4.78 is 73.4. The monoisotopic (exact) mass is 242 g/mol. The Morgan fingerprint density at radius 1 is 0.933 bits per heavy atom. The molecule has 0 unspecified atom stereocenters. The number of fused-ring (bicyclic) bond motifs is 1. The molecule has 2 nitrogen and oxygen atoms in total. The van der Waals surface area contributed by atoms with Gasteiger partial charge < -0.3 is 0 Å². The van der Waals surface area contributed by atoms with Gasteiger partial charge in [0.2, 0.25) is 0 Å². The van der Waals surface area contributed by atoms with E-state index in [1.54, 1.807) is 0 Å². The number of alkyl halides is 4. The quantitative estimate of drug-likeness (QED) is 0.610. The molecular weight excluding hydrogens is 236 g/mol. The molecule has 0 aromatic carbocycles. The van der Waals surface area contributed by atoms with Crippen molar-refractivity contribution in [1.29, 1.82) is 0 Å². The van der Waals surface area contributed by atoms with Crippen molar-refractivity contribution in [2.45, 2.75) is 24.7 Å². The Morgan fingerprint density at radius 3 is 1.60 bits per heavy atom. The molecule has 84 valence electrons. The number of hydrogen-bond donors (Lipinski definition) is 0. The third-order valence-electron chi connectivity index (χ3n) is 2.39. The van der Waals surface area contributed by atoms with E-state index in [-0.39, 0.29) is 11.1 Å². The van der Waals surface area contributed by atoms with Gasteiger partial charge >= 0.3 is 11.8 Å². The normalized spacial score (nSPS) is 30.4. The van der Waals surface area contributed by atoms with E-state index in [9.17, 15) is 26.0 Å². The molecule has 7 heteroatoms. The second-order valence-corrected chi connectivity index (χ2v) is 5.29. The van der Waals surface area contributed by atoms with Crippen LogP contribution in [-0.2, 0) is 9.84 Å². The zero-order chi connectivity index (χ0) is 11.5. The van der Waals surface area contributed by atoms with Gasteiger partial charge in [-0.1, -0.05) is 0 Å². The average Bonchev–Trinajstić information content (AvgIpc) is 2.21. The van der Waals surface area contributed by atoms with E-state index >= 15 is 0 Å². The molecule has 0 bridgehead atoms. The molecule has 0 aromatic rings. The molecule has 0 aromatic heterocycles. The van der Waals surface area contributed by atoms with Crippen LogP contribution in [0.5, 0.6) is 0 Å². The fourth-order valence-electron chi connectivity index (χ4n) is 1.63. The van der Waals surface area contributed by atoms with Crippen LogP contribution in [0.15, 0.2) is 22.0 Å². The Bertz CT molecular complexity index is 435. The number of hydrogen-bond acceptors (Lipinski definition) is 2. The third-order valence-corrected chi connectivity index (χ3v) is 3.61. The minimum Gasteiger partial charge on any atom is -0.220 e. The smallest absolute Gasteiger partial charge is 0.220 e. The van der Waals surface area contributed by atoms with E-state index in [2.05, 4.69) is 0 Å². The van der Waals surface area contributed by atoms with Crippen molar-refractivity contribution in [2.75, 3.05) is 0 Å². The lowest BCUT2D eigenvalue weighted by Gasteiger charge is -2.32. The predicted octanol–water partition coefficient (Wildman–Crippen LogP) is 2.25. The Morgan fingerprint density at radius 2 is 1.27 bits per heavy atom. The molecule has 1 fully saturated rings. The van der Waals surface area contributed by atoms with Crippen molar-refractivity contribution in [1.82, 2.24) is 0 Å². The van der Waals surface area contributed by atoms with Crippen LogP contribution in [0.3, 0.4) is 0 Å². The Hall–Kier alpha value is -0.850. The molecule has 0 saturated heterocycles. The van der Waals surface area contributed by atoms with Crippen molar-refractivity contribution in [2.24, 2.45) is 0 Å². The number of halogens is 4. The molecule has 1 aliphatic heterocycles. The summed E-state index contributed by atoms with van der Waals surface area (Å²) in [6, 6.07) is 0. The highest BCUT2D eigenvalue weighted by molar-refractivity contribution is 7.97. The fourth-order valence-corrected chi connectivity index (χ4v) is 2.96. The van der Waals surface area contributed by atoms with Crippen LogP contribution in [0.1, 0.15) is 12.8 Å². The van der Waals surface area contributed by atoms with Gasteiger partial charge in [0.25, 0.3) is 0 Å². The maximum atomic E-state index is 12.9. The first-order valence-electron chi connectivity index (χ1n) is 4.05. The molecule has 2 rings (SSSR count). The van der Waals surface area contributed by atoms with Crippen molar-refractivity contribution < 1.29 is 26.0 Å². The summed E-state index contributed by atoms with van der Waals surface area (Å²) in [6.07, 6.45) is -2.43. The Labute approximate surface area is 83.2 Å². The molecule has 0 radical (unpaired) electrons. The van der Waals surface area contributed by atoms with Crippen molar-refractivity contribution in [3.63, 3.8) is 0 Å². The Balaban J connectivity index is 2.48. The van der Waals surface area contributed by atoms with Crippen LogP contribution in [0, 0.1) is 0 Å². The third kappa shape index (κ3) is 1.58. The van der Waals surface area contributed by atoms with E-state index in [0.717, 1.165) is 0 Å². The molecule has 15 heavy (non-hydrogen) atoms. The lowest BCUT2D eigenvalue weighted by molar-refractivity contribution is -0.211. The topological polar surface area (TPSA) is 34.1 Å². The van der Waals surface area contributed by atoms with E-state index in [0.29, 0.717) is 10.8 Å². The highest BCUT2D eigenvalue weighted by Crippen LogP contribution is 2.51. The minimum absolute atomic E-state index is 0.203. The molecule has 1 heterocycles. The molecule has 0 N–H and O–H groups in total. The summed E-state index contributed by atoms with van der Waals surface area (Å²) in [4.78, 5) is 0. The summed E-state index contributed by atoms with van der Waals surface area (Å²) in [6.45, 7) is 0. The minimum atomic E-state index is -4.17.